The van der Waals surface area contributed by atoms with Crippen molar-refractivity contribution in [2.75, 3.05) is 25.9 Å². The van der Waals surface area contributed by atoms with Gasteiger partial charge in [0, 0.05) is 13.6 Å². The minimum Gasteiger partial charge on any atom is -0.506 e. The van der Waals surface area contributed by atoms with Gasteiger partial charge in [-0.15, -0.1) is 0 Å². The van der Waals surface area contributed by atoms with Gasteiger partial charge < -0.3 is 16.2 Å². The van der Waals surface area contributed by atoms with E-state index in [1.54, 1.807) is 6.92 Å². The van der Waals surface area contributed by atoms with Gasteiger partial charge in [-0.2, -0.15) is 4.31 Å². The molecule has 1 rings (SSSR count). The van der Waals surface area contributed by atoms with Gasteiger partial charge in [0.05, 0.1) is 17.1 Å². The number of anilines is 1. The summed E-state index contributed by atoms with van der Waals surface area (Å²) in [4.78, 5) is 11.3. The van der Waals surface area contributed by atoms with Crippen LogP contribution in [0.25, 0.3) is 0 Å². The molecule has 0 aromatic heterocycles. The molecule has 0 fully saturated rings. The Morgan fingerprint density at radius 2 is 2.11 bits per heavy atom. The molecule has 0 unspecified atom stereocenters. The molecule has 1 aromatic carbocycles. The number of nitrogens with two attached hydrogens (primary N) is 1. The third kappa shape index (κ3) is 3.58. The van der Waals surface area contributed by atoms with Crippen LogP contribution in [0.3, 0.4) is 0 Å². The summed E-state index contributed by atoms with van der Waals surface area (Å²) in [6.07, 6.45) is 0. The summed E-state index contributed by atoms with van der Waals surface area (Å²) in [5.41, 5.74) is 5.42. The molecular weight excluding hydrogens is 270 g/mol. The van der Waals surface area contributed by atoms with Gasteiger partial charge in [-0.05, 0) is 25.1 Å². The Balaban J connectivity index is 2.96. The second kappa shape index (κ2) is 5.89. The normalized spacial score (nSPS) is 11.5. The lowest BCUT2D eigenvalue weighted by Gasteiger charge is -2.17. The highest BCUT2D eigenvalue weighted by Crippen LogP contribution is 2.24. The van der Waals surface area contributed by atoms with Gasteiger partial charge in [0.2, 0.25) is 15.9 Å². The number of sulfonamides is 1. The van der Waals surface area contributed by atoms with Crippen LogP contribution < -0.4 is 11.1 Å². The number of carbonyl (C=O) groups is 1. The van der Waals surface area contributed by atoms with E-state index in [0.717, 1.165) is 10.4 Å². The average Bonchev–Trinajstić information content (AvgIpc) is 2.32. The van der Waals surface area contributed by atoms with E-state index in [9.17, 15) is 18.3 Å². The lowest BCUT2D eigenvalue weighted by molar-refractivity contribution is -0.121. The van der Waals surface area contributed by atoms with Crippen molar-refractivity contribution in [3.8, 4) is 5.75 Å². The molecule has 1 amide bonds. The Bertz CT molecular complexity index is 571. The molecule has 0 aliphatic carbocycles. The monoisotopic (exact) mass is 287 g/mol. The van der Waals surface area contributed by atoms with Crippen LogP contribution >= 0.6 is 0 Å². The van der Waals surface area contributed by atoms with Crippen molar-refractivity contribution < 1.29 is 18.3 Å². The van der Waals surface area contributed by atoms with E-state index in [0.29, 0.717) is 6.54 Å². The highest BCUT2D eigenvalue weighted by molar-refractivity contribution is 7.89. The maximum atomic E-state index is 12.1. The van der Waals surface area contributed by atoms with Crippen molar-refractivity contribution in [3.63, 3.8) is 0 Å². The Hall–Kier alpha value is -1.80. The highest BCUT2D eigenvalue weighted by Gasteiger charge is 2.23. The van der Waals surface area contributed by atoms with Gasteiger partial charge in [0.25, 0.3) is 0 Å². The Morgan fingerprint density at radius 1 is 1.47 bits per heavy atom. The highest BCUT2D eigenvalue weighted by atomic mass is 32.2. The number of nitrogen functional groups attached to an aromatic ring is 1. The van der Waals surface area contributed by atoms with Gasteiger partial charge in [-0.3, -0.25) is 4.79 Å². The molecule has 7 nitrogen and oxygen atoms in total. The van der Waals surface area contributed by atoms with Crippen LogP contribution in [0.15, 0.2) is 23.1 Å². The molecule has 0 aliphatic rings. The Labute approximate surface area is 112 Å². The van der Waals surface area contributed by atoms with Crippen LogP contribution in [0.1, 0.15) is 6.92 Å². The summed E-state index contributed by atoms with van der Waals surface area (Å²) in [5.74, 6) is -0.578. The molecule has 4 N–H and O–H groups in total. The Morgan fingerprint density at radius 3 is 2.63 bits per heavy atom. The number of likely N-dealkylation sites (N-methyl/N-ethyl adjacent to an activating group) is 2. The molecule has 0 saturated carbocycles. The standard InChI is InChI=1S/C11H17N3O4S/c1-3-13-11(16)7-14(2)19(17,18)8-4-5-10(15)9(12)6-8/h4-6,15H,3,7,12H2,1-2H3,(H,13,16). The van der Waals surface area contributed by atoms with Crippen molar-refractivity contribution in [2.45, 2.75) is 11.8 Å². The predicted molar refractivity (Wildman–Crippen MR) is 71.0 cm³/mol. The van der Waals surface area contributed by atoms with Gasteiger partial charge in [0.1, 0.15) is 5.75 Å². The second-order valence-electron chi connectivity index (χ2n) is 3.94. The SMILES string of the molecule is CCNC(=O)CN(C)S(=O)(=O)c1ccc(O)c(N)c1. The number of hydrogen-bond acceptors (Lipinski definition) is 5. The van der Waals surface area contributed by atoms with Crippen molar-refractivity contribution in [2.24, 2.45) is 0 Å². The molecule has 19 heavy (non-hydrogen) atoms. The fourth-order valence-electron chi connectivity index (χ4n) is 1.41. The molecule has 106 valence electrons. The van der Waals surface area contributed by atoms with Gasteiger partial charge in [-0.1, -0.05) is 0 Å². The first kappa shape index (κ1) is 15.3. The summed E-state index contributed by atoms with van der Waals surface area (Å²) in [6.45, 7) is 1.89. The van der Waals surface area contributed by atoms with Crippen LogP contribution in [-0.4, -0.2) is 43.9 Å². The molecule has 0 radical (unpaired) electrons. The number of aromatic hydroxyl groups is 1. The summed E-state index contributed by atoms with van der Waals surface area (Å²) >= 11 is 0. The van der Waals surface area contributed by atoms with E-state index in [4.69, 9.17) is 5.73 Å². The fourth-order valence-corrected chi connectivity index (χ4v) is 2.58. The topological polar surface area (TPSA) is 113 Å². The third-order valence-corrected chi connectivity index (χ3v) is 4.25. The van der Waals surface area contributed by atoms with E-state index in [-0.39, 0.29) is 28.8 Å². The summed E-state index contributed by atoms with van der Waals surface area (Å²) in [5, 5.41) is 11.8. The maximum Gasteiger partial charge on any atom is 0.243 e. The number of amides is 1. The first-order valence-electron chi connectivity index (χ1n) is 5.60. The van der Waals surface area contributed by atoms with Crippen LogP contribution in [-0.2, 0) is 14.8 Å². The molecule has 1 aromatic rings. The molecule has 0 aliphatic heterocycles. The minimum absolute atomic E-state index is 0.0347. The van der Waals surface area contributed by atoms with E-state index < -0.39 is 10.0 Å². The zero-order valence-electron chi connectivity index (χ0n) is 10.8. The van der Waals surface area contributed by atoms with Crippen molar-refractivity contribution in [1.29, 1.82) is 0 Å². The minimum atomic E-state index is -3.81. The lowest BCUT2D eigenvalue weighted by atomic mass is 10.3. The molecule has 0 spiro atoms. The van der Waals surface area contributed by atoms with Crippen molar-refractivity contribution in [3.05, 3.63) is 18.2 Å². The number of phenolic OH excluding ortho intramolecular Hbond substituents is 1. The summed E-state index contributed by atoms with van der Waals surface area (Å²) in [7, 11) is -2.51. The number of phenols is 1. The third-order valence-electron chi connectivity index (χ3n) is 2.45. The maximum absolute atomic E-state index is 12.1. The number of benzene rings is 1. The first-order valence-corrected chi connectivity index (χ1v) is 7.04. The summed E-state index contributed by atoms with van der Waals surface area (Å²) in [6, 6.07) is 3.58. The second-order valence-corrected chi connectivity index (χ2v) is 5.98. The number of nitrogens with zero attached hydrogens (tertiary/aromatic N) is 1. The van der Waals surface area contributed by atoms with Gasteiger partial charge in [0.15, 0.2) is 0 Å². The number of rotatable bonds is 5. The van der Waals surface area contributed by atoms with Crippen molar-refractivity contribution in [1.82, 2.24) is 9.62 Å². The first-order chi connectivity index (χ1) is 8.78. The largest absolute Gasteiger partial charge is 0.506 e. The van der Waals surface area contributed by atoms with Crippen LogP contribution in [0.2, 0.25) is 0 Å². The van der Waals surface area contributed by atoms with E-state index in [1.165, 1.54) is 19.2 Å². The van der Waals surface area contributed by atoms with Gasteiger partial charge in [-0.25, -0.2) is 8.42 Å². The predicted octanol–water partition coefficient (Wildman–Crippen LogP) is -0.269. The smallest absolute Gasteiger partial charge is 0.243 e. The zero-order valence-corrected chi connectivity index (χ0v) is 11.6. The average molecular weight is 287 g/mol. The molecule has 0 bridgehead atoms. The quantitative estimate of drug-likeness (QED) is 0.510. The number of hydrogen-bond donors (Lipinski definition) is 3. The van der Waals surface area contributed by atoms with E-state index in [1.807, 2.05) is 0 Å². The van der Waals surface area contributed by atoms with Crippen LogP contribution in [0.5, 0.6) is 5.75 Å². The van der Waals surface area contributed by atoms with Crippen LogP contribution in [0, 0.1) is 0 Å². The van der Waals surface area contributed by atoms with E-state index in [2.05, 4.69) is 5.32 Å². The van der Waals surface area contributed by atoms with Crippen LogP contribution in [0.4, 0.5) is 5.69 Å². The fraction of sp³-hybridized carbons (Fsp3) is 0.364. The number of nitrogens with one attached hydrogen (secondary N) is 1. The molecule has 8 heteroatoms. The van der Waals surface area contributed by atoms with Gasteiger partial charge >= 0.3 is 0 Å². The Kier molecular flexibility index (Phi) is 4.73. The van der Waals surface area contributed by atoms with Crippen molar-refractivity contribution >= 4 is 21.6 Å². The molecule has 0 saturated heterocycles. The molecule has 0 heterocycles. The van der Waals surface area contributed by atoms with E-state index >= 15 is 0 Å². The molecule has 0 atom stereocenters. The molecular formula is C11H17N3O4S. The lowest BCUT2D eigenvalue weighted by Crippen LogP contribution is -2.38. The zero-order chi connectivity index (χ0) is 14.6. The number of carbonyl (C=O) groups excluding carboxylic acids is 1. The summed E-state index contributed by atoms with van der Waals surface area (Å²) < 4.78 is 25.2.